The van der Waals surface area contributed by atoms with Gasteiger partial charge in [-0.2, -0.15) is 0 Å². The molecular formula is C29H34N4O5. The number of aryl methyl sites for hydroxylation is 2. The first-order valence-electron chi connectivity index (χ1n) is 12.6. The van der Waals surface area contributed by atoms with Crippen LogP contribution in [-0.2, 0) is 11.3 Å². The van der Waals surface area contributed by atoms with Gasteiger partial charge in [-0.1, -0.05) is 61.9 Å². The number of carbonyl (C=O) groups is 3. The summed E-state index contributed by atoms with van der Waals surface area (Å²) in [5, 5.41) is 9.35. The maximum absolute atomic E-state index is 13.8. The number of amides is 1. The minimum Gasteiger partial charge on any atom is -0.475 e. The lowest BCUT2D eigenvalue weighted by atomic mass is 9.98. The summed E-state index contributed by atoms with van der Waals surface area (Å²) in [5.74, 6) is -3.18. The van der Waals surface area contributed by atoms with Gasteiger partial charge in [0.25, 0.3) is 17.2 Å². The van der Waals surface area contributed by atoms with Crippen LogP contribution in [0.15, 0.2) is 59.4 Å². The number of rotatable bonds is 11. The van der Waals surface area contributed by atoms with Crippen LogP contribution in [0.25, 0.3) is 0 Å². The van der Waals surface area contributed by atoms with E-state index in [-0.39, 0.29) is 29.9 Å². The van der Waals surface area contributed by atoms with E-state index in [9.17, 15) is 24.3 Å². The second-order valence-electron chi connectivity index (χ2n) is 9.64. The molecule has 3 rings (SSSR count). The molecule has 0 aliphatic heterocycles. The Balaban J connectivity index is 2.27. The number of Topliss-reactive ketones (excluding diaryl/α,β-unsaturated/α-hetero) is 1. The Labute approximate surface area is 221 Å². The summed E-state index contributed by atoms with van der Waals surface area (Å²) in [6.07, 6.45) is 0.526. The van der Waals surface area contributed by atoms with E-state index in [1.165, 1.54) is 11.5 Å². The van der Waals surface area contributed by atoms with E-state index < -0.39 is 28.9 Å². The van der Waals surface area contributed by atoms with Crippen molar-refractivity contribution in [2.24, 2.45) is 11.7 Å². The second-order valence-corrected chi connectivity index (χ2v) is 9.64. The first kappa shape index (κ1) is 28.5. The Morgan fingerprint density at radius 2 is 1.66 bits per heavy atom. The molecule has 0 radical (unpaired) electrons. The number of carboxylic acid groups (broad SMARTS) is 1. The molecule has 0 fully saturated rings. The van der Waals surface area contributed by atoms with E-state index in [2.05, 4.69) is 4.98 Å². The van der Waals surface area contributed by atoms with Crippen molar-refractivity contribution >= 4 is 17.7 Å². The summed E-state index contributed by atoms with van der Waals surface area (Å²) in [6, 6.07) is 15.7. The number of carboxylic acids is 1. The third-order valence-corrected chi connectivity index (χ3v) is 6.38. The first-order chi connectivity index (χ1) is 18.1. The molecule has 9 nitrogen and oxygen atoms in total. The maximum Gasteiger partial charge on any atom is 0.377 e. The SMILES string of the molecule is Cc1ccc(C(=O)N(CCCN)C(c2nc(C)c(C(=O)C(=O)O)c(=O)n2Cc2ccccc2)C(C)C)cc1. The summed E-state index contributed by atoms with van der Waals surface area (Å²) >= 11 is 0. The molecule has 0 spiro atoms. The van der Waals surface area contributed by atoms with E-state index in [0.29, 0.717) is 25.1 Å². The van der Waals surface area contributed by atoms with Crippen LogP contribution in [-0.4, -0.2) is 50.3 Å². The molecule has 0 saturated carbocycles. The fraction of sp³-hybridized carbons (Fsp3) is 0.345. The minimum absolute atomic E-state index is 0.00826. The highest BCUT2D eigenvalue weighted by molar-refractivity contribution is 6.40. The molecule has 0 bridgehead atoms. The monoisotopic (exact) mass is 518 g/mol. The van der Waals surface area contributed by atoms with E-state index >= 15 is 0 Å². The lowest BCUT2D eigenvalue weighted by molar-refractivity contribution is -0.131. The summed E-state index contributed by atoms with van der Waals surface area (Å²) in [7, 11) is 0. The molecule has 3 aromatic rings. The second kappa shape index (κ2) is 12.4. The topological polar surface area (TPSA) is 136 Å². The predicted octanol–water partition coefficient (Wildman–Crippen LogP) is 3.36. The third-order valence-electron chi connectivity index (χ3n) is 6.38. The van der Waals surface area contributed by atoms with Crippen LogP contribution in [0.1, 0.15) is 69.7 Å². The van der Waals surface area contributed by atoms with Crippen LogP contribution in [0.5, 0.6) is 0 Å². The minimum atomic E-state index is -1.73. The zero-order valence-corrected chi connectivity index (χ0v) is 22.2. The zero-order chi connectivity index (χ0) is 28.0. The van der Waals surface area contributed by atoms with Gasteiger partial charge >= 0.3 is 5.97 Å². The number of nitrogens with zero attached hydrogens (tertiary/aromatic N) is 3. The molecule has 3 N–H and O–H groups in total. The molecule has 1 heterocycles. The van der Waals surface area contributed by atoms with Crippen molar-refractivity contribution in [1.29, 1.82) is 0 Å². The Kier molecular flexibility index (Phi) is 9.30. The summed E-state index contributed by atoms with van der Waals surface area (Å²) in [6.45, 7) is 7.96. The number of ketones is 1. The highest BCUT2D eigenvalue weighted by atomic mass is 16.4. The molecule has 0 saturated heterocycles. The fourth-order valence-corrected chi connectivity index (χ4v) is 4.48. The molecular weight excluding hydrogens is 484 g/mol. The molecule has 1 aromatic heterocycles. The molecule has 1 unspecified atom stereocenters. The maximum atomic E-state index is 13.8. The van der Waals surface area contributed by atoms with E-state index in [0.717, 1.165) is 11.1 Å². The van der Waals surface area contributed by atoms with E-state index in [4.69, 9.17) is 5.73 Å². The van der Waals surface area contributed by atoms with Gasteiger partial charge in [-0.25, -0.2) is 9.78 Å². The molecule has 1 amide bonds. The predicted molar refractivity (Wildman–Crippen MR) is 144 cm³/mol. The van der Waals surface area contributed by atoms with Crippen LogP contribution < -0.4 is 11.3 Å². The fourth-order valence-electron chi connectivity index (χ4n) is 4.48. The smallest absolute Gasteiger partial charge is 0.377 e. The van der Waals surface area contributed by atoms with Crippen LogP contribution in [0.4, 0.5) is 0 Å². The summed E-state index contributed by atoms with van der Waals surface area (Å²) in [5.41, 5.74) is 6.84. The number of benzene rings is 2. The number of hydrogen-bond donors (Lipinski definition) is 2. The Hall–Kier alpha value is -4.11. The number of aromatic nitrogens is 2. The number of carbonyl (C=O) groups excluding carboxylic acids is 2. The highest BCUT2D eigenvalue weighted by Gasteiger charge is 2.34. The van der Waals surface area contributed by atoms with Crippen molar-refractivity contribution in [2.75, 3.05) is 13.1 Å². The van der Waals surface area contributed by atoms with Crippen LogP contribution in [0.2, 0.25) is 0 Å². The van der Waals surface area contributed by atoms with E-state index in [1.54, 1.807) is 17.0 Å². The molecule has 2 aromatic carbocycles. The van der Waals surface area contributed by atoms with Crippen molar-refractivity contribution < 1.29 is 19.5 Å². The van der Waals surface area contributed by atoms with Crippen molar-refractivity contribution in [3.8, 4) is 0 Å². The third kappa shape index (κ3) is 6.23. The van der Waals surface area contributed by atoms with Gasteiger partial charge in [-0.15, -0.1) is 0 Å². The largest absolute Gasteiger partial charge is 0.475 e. The molecule has 0 aliphatic rings. The van der Waals surface area contributed by atoms with E-state index in [1.807, 2.05) is 63.2 Å². The molecule has 38 heavy (non-hydrogen) atoms. The van der Waals surface area contributed by atoms with Crippen molar-refractivity contribution in [1.82, 2.24) is 14.5 Å². The number of aliphatic carboxylic acids is 1. The standard InChI is InChI=1S/C29H34N4O5/c1-18(2)24(32(16-8-15-30)27(35)22-13-11-19(3)12-14-22)26-31-20(4)23(25(34)29(37)38)28(36)33(26)17-21-9-6-5-7-10-21/h5-7,9-14,18,24H,8,15-17,30H2,1-4H3,(H,37,38). The normalized spacial score (nSPS) is 11.8. The number of nitrogens with two attached hydrogens (primary N) is 1. The quantitative estimate of drug-likeness (QED) is 0.293. The summed E-state index contributed by atoms with van der Waals surface area (Å²) < 4.78 is 1.32. The van der Waals surface area contributed by atoms with Crippen LogP contribution in [0.3, 0.4) is 0 Å². The van der Waals surface area contributed by atoms with Crippen LogP contribution >= 0.6 is 0 Å². The van der Waals surface area contributed by atoms with Crippen molar-refractivity contribution in [3.05, 3.63) is 98.7 Å². The molecule has 200 valence electrons. The van der Waals surface area contributed by atoms with Gasteiger partial charge in [-0.05, 0) is 50.4 Å². The average molecular weight is 519 g/mol. The lowest BCUT2D eigenvalue weighted by Crippen LogP contribution is -2.43. The first-order valence-corrected chi connectivity index (χ1v) is 12.6. The summed E-state index contributed by atoms with van der Waals surface area (Å²) in [4.78, 5) is 57.8. The van der Waals surface area contributed by atoms with Gasteiger partial charge in [0, 0.05) is 12.1 Å². The highest BCUT2D eigenvalue weighted by Crippen LogP contribution is 2.30. The average Bonchev–Trinajstić information content (AvgIpc) is 2.88. The molecule has 0 aliphatic carbocycles. The number of hydrogen-bond acceptors (Lipinski definition) is 6. The van der Waals surface area contributed by atoms with Gasteiger partial charge < -0.3 is 15.7 Å². The van der Waals surface area contributed by atoms with Gasteiger partial charge in [0.2, 0.25) is 0 Å². The van der Waals surface area contributed by atoms with Gasteiger partial charge in [0.1, 0.15) is 11.4 Å². The Bertz CT molecular complexity index is 1360. The van der Waals surface area contributed by atoms with Gasteiger partial charge in [0.15, 0.2) is 0 Å². The molecule has 9 heteroatoms. The van der Waals surface area contributed by atoms with Crippen LogP contribution in [0, 0.1) is 19.8 Å². The van der Waals surface area contributed by atoms with Gasteiger partial charge in [0.05, 0.1) is 18.3 Å². The Morgan fingerprint density at radius 1 is 1.03 bits per heavy atom. The molecule has 1 atom stereocenters. The van der Waals surface area contributed by atoms with Gasteiger partial charge in [-0.3, -0.25) is 19.0 Å². The zero-order valence-electron chi connectivity index (χ0n) is 22.2. The Morgan fingerprint density at radius 3 is 2.21 bits per heavy atom. The van der Waals surface area contributed by atoms with Crippen molar-refractivity contribution in [2.45, 2.75) is 46.7 Å². The van der Waals surface area contributed by atoms with Crippen molar-refractivity contribution in [3.63, 3.8) is 0 Å². The lowest BCUT2D eigenvalue weighted by Gasteiger charge is -2.35.